The Kier molecular flexibility index (Phi) is 5.91. The molecule has 4 aromatic rings. The molecule has 1 aromatic heterocycles. The highest BCUT2D eigenvalue weighted by molar-refractivity contribution is 6.21. The minimum absolute atomic E-state index is 0.0526. The lowest BCUT2D eigenvalue weighted by molar-refractivity contribution is 0.0642. The van der Waals surface area contributed by atoms with Crippen LogP contribution in [-0.4, -0.2) is 21.3 Å². The molecule has 5 rings (SSSR count). The summed E-state index contributed by atoms with van der Waals surface area (Å²) in [5, 5.41) is 0. The van der Waals surface area contributed by atoms with Crippen LogP contribution in [0, 0.1) is 32.8 Å². The average Bonchev–Trinajstić information content (AvgIpc) is 3.29. The zero-order chi connectivity index (χ0) is 26.3. The van der Waals surface area contributed by atoms with Crippen LogP contribution in [0.4, 0.5) is 15.8 Å². The minimum Gasteiger partial charge on any atom is -0.355 e. The van der Waals surface area contributed by atoms with Crippen LogP contribution >= 0.6 is 0 Å². The first kappa shape index (κ1) is 23.7. The average molecular weight is 489 g/mol. The lowest BCUT2D eigenvalue weighted by Gasteiger charge is -2.15. The summed E-state index contributed by atoms with van der Waals surface area (Å²) in [5.41, 5.74) is 5.88. The molecule has 1 aliphatic rings. The van der Waals surface area contributed by atoms with Gasteiger partial charge >= 0.3 is 0 Å². The second kappa shape index (κ2) is 9.22. The number of nitrogens with zero attached hydrogens (tertiary/aromatic N) is 4. The summed E-state index contributed by atoms with van der Waals surface area (Å²) in [6.07, 6.45) is 0. The predicted molar refractivity (Wildman–Crippen MR) is 138 cm³/mol. The van der Waals surface area contributed by atoms with Gasteiger partial charge in [0, 0.05) is 23.5 Å². The van der Waals surface area contributed by atoms with E-state index in [4.69, 9.17) is 13.1 Å². The number of halogens is 1. The molecule has 0 bridgehead atoms. The van der Waals surface area contributed by atoms with Crippen LogP contribution in [0.1, 0.15) is 43.2 Å². The highest BCUT2D eigenvalue weighted by Crippen LogP contribution is 2.40. The van der Waals surface area contributed by atoms with Crippen molar-refractivity contribution in [2.24, 2.45) is 0 Å². The van der Waals surface area contributed by atoms with Crippen molar-refractivity contribution < 1.29 is 14.0 Å². The summed E-state index contributed by atoms with van der Waals surface area (Å²) >= 11 is 0. The number of fused-ring (bicyclic) bond motifs is 1. The third-order valence-electron chi connectivity index (χ3n) is 6.80. The molecule has 6 nitrogen and oxygen atoms in total. The number of carbonyl (C=O) groups excluding carboxylic acids is 2. The van der Waals surface area contributed by atoms with Gasteiger partial charge in [0.2, 0.25) is 11.4 Å². The van der Waals surface area contributed by atoms with Crippen LogP contribution in [0.5, 0.6) is 0 Å². The van der Waals surface area contributed by atoms with Gasteiger partial charge in [-0.2, -0.15) is 0 Å². The SMILES string of the molecule is [C-]#[N+]c1ccc(-c2c([N+]#[C-])c(C)n(Cc3ccc(CN4C(=O)c5ccccc5C4=O)cc3)c2C)cc1F. The van der Waals surface area contributed by atoms with Crippen molar-refractivity contribution in [3.05, 3.63) is 129 Å². The fraction of sp³-hybridized carbons (Fsp3) is 0.133. The molecule has 0 fully saturated rings. The molecule has 1 aliphatic heterocycles. The van der Waals surface area contributed by atoms with Crippen LogP contribution in [-0.2, 0) is 13.1 Å². The van der Waals surface area contributed by atoms with Crippen molar-refractivity contribution in [1.82, 2.24) is 9.47 Å². The summed E-state index contributed by atoms with van der Waals surface area (Å²) in [6.45, 7) is 19.2. The summed E-state index contributed by atoms with van der Waals surface area (Å²) in [5.74, 6) is -1.19. The van der Waals surface area contributed by atoms with Gasteiger partial charge in [0.1, 0.15) is 5.82 Å². The second-order valence-electron chi connectivity index (χ2n) is 8.93. The molecule has 37 heavy (non-hydrogen) atoms. The van der Waals surface area contributed by atoms with Gasteiger partial charge in [-0.3, -0.25) is 14.5 Å². The van der Waals surface area contributed by atoms with Gasteiger partial charge in [0.15, 0.2) is 0 Å². The van der Waals surface area contributed by atoms with Crippen molar-refractivity contribution in [3.8, 4) is 11.1 Å². The number of hydrogen-bond acceptors (Lipinski definition) is 2. The van der Waals surface area contributed by atoms with Crippen molar-refractivity contribution in [2.45, 2.75) is 26.9 Å². The van der Waals surface area contributed by atoms with Crippen molar-refractivity contribution in [3.63, 3.8) is 0 Å². The molecule has 0 aliphatic carbocycles. The van der Waals surface area contributed by atoms with Crippen LogP contribution in [0.15, 0.2) is 66.7 Å². The standard InChI is InChI=1S/C30H21FN4O2/c1-18-27(22-13-14-26(32-3)25(31)15-22)28(33-4)19(2)34(18)16-20-9-11-21(12-10-20)17-35-29(36)23-7-5-6-8-24(23)30(35)37/h5-15H,16-17H2,1-2H3. The van der Waals surface area contributed by atoms with E-state index < -0.39 is 5.82 Å². The first-order chi connectivity index (χ1) is 17.8. The molecule has 0 radical (unpaired) electrons. The van der Waals surface area contributed by atoms with E-state index in [1.54, 1.807) is 30.3 Å². The summed E-state index contributed by atoms with van der Waals surface area (Å²) < 4.78 is 16.3. The zero-order valence-electron chi connectivity index (χ0n) is 20.2. The quantitative estimate of drug-likeness (QED) is 0.228. The molecule has 2 amide bonds. The molecule has 7 heteroatoms. The molecule has 0 N–H and O–H groups in total. The second-order valence-corrected chi connectivity index (χ2v) is 8.93. The van der Waals surface area contributed by atoms with Gasteiger partial charge in [-0.25, -0.2) is 14.1 Å². The first-order valence-corrected chi connectivity index (χ1v) is 11.6. The van der Waals surface area contributed by atoms with E-state index >= 15 is 0 Å². The first-order valence-electron chi connectivity index (χ1n) is 11.6. The lowest BCUT2D eigenvalue weighted by atomic mass is 10.0. The van der Waals surface area contributed by atoms with Gasteiger partial charge in [-0.05, 0) is 48.7 Å². The van der Waals surface area contributed by atoms with E-state index in [9.17, 15) is 14.0 Å². The van der Waals surface area contributed by atoms with E-state index in [0.29, 0.717) is 34.5 Å². The van der Waals surface area contributed by atoms with Crippen LogP contribution in [0.3, 0.4) is 0 Å². The molecule has 0 atom stereocenters. The van der Waals surface area contributed by atoms with Crippen LogP contribution in [0.25, 0.3) is 20.8 Å². The van der Waals surface area contributed by atoms with E-state index in [1.807, 2.05) is 42.7 Å². The van der Waals surface area contributed by atoms with Gasteiger partial charge in [-0.15, -0.1) is 0 Å². The maximum absolute atomic E-state index is 14.3. The van der Waals surface area contributed by atoms with Crippen molar-refractivity contribution in [2.75, 3.05) is 0 Å². The smallest absolute Gasteiger partial charge is 0.261 e. The number of imide groups is 1. The number of rotatable bonds is 5. The fourth-order valence-electron chi connectivity index (χ4n) is 4.84. The van der Waals surface area contributed by atoms with Crippen LogP contribution < -0.4 is 0 Å². The Morgan fingerprint density at radius 1 is 0.784 bits per heavy atom. The molecule has 0 unspecified atom stereocenters. The monoisotopic (exact) mass is 488 g/mol. The molecular weight excluding hydrogens is 467 g/mol. The molecule has 180 valence electrons. The number of benzene rings is 3. The van der Waals surface area contributed by atoms with Gasteiger partial charge in [-0.1, -0.05) is 48.5 Å². The summed E-state index contributed by atoms with van der Waals surface area (Å²) in [6, 6.07) is 18.9. The fourth-order valence-corrected chi connectivity index (χ4v) is 4.84. The number of aromatic nitrogens is 1. The lowest BCUT2D eigenvalue weighted by Crippen LogP contribution is -2.29. The molecule has 0 saturated heterocycles. The van der Waals surface area contributed by atoms with Crippen LogP contribution in [0.2, 0.25) is 0 Å². The van der Waals surface area contributed by atoms with Gasteiger partial charge in [0.25, 0.3) is 11.8 Å². The van der Waals surface area contributed by atoms with Crippen molar-refractivity contribution in [1.29, 1.82) is 0 Å². The maximum atomic E-state index is 14.3. The van der Waals surface area contributed by atoms with E-state index in [1.165, 1.54) is 17.0 Å². The normalized spacial score (nSPS) is 12.4. The number of amides is 2. The topological polar surface area (TPSA) is 51.0 Å². The number of hydrogen-bond donors (Lipinski definition) is 0. The van der Waals surface area contributed by atoms with Gasteiger partial charge < -0.3 is 4.57 Å². The maximum Gasteiger partial charge on any atom is 0.261 e. The highest BCUT2D eigenvalue weighted by Gasteiger charge is 2.34. The Bertz CT molecular complexity index is 1630. The Balaban J connectivity index is 1.39. The molecule has 3 aromatic carbocycles. The van der Waals surface area contributed by atoms with Gasteiger partial charge in [0.05, 0.1) is 30.8 Å². The number of carbonyl (C=O) groups is 2. The molecule has 2 heterocycles. The third-order valence-corrected chi connectivity index (χ3v) is 6.80. The largest absolute Gasteiger partial charge is 0.355 e. The Morgan fingerprint density at radius 2 is 1.38 bits per heavy atom. The molecule has 0 saturated carbocycles. The zero-order valence-corrected chi connectivity index (χ0v) is 20.2. The third kappa shape index (κ3) is 3.97. The van der Waals surface area contributed by atoms with E-state index in [2.05, 4.69) is 9.69 Å². The Morgan fingerprint density at radius 3 is 1.92 bits per heavy atom. The Hall–Kier alpha value is -5.01. The predicted octanol–water partition coefficient (Wildman–Crippen LogP) is 6.86. The minimum atomic E-state index is -0.609. The highest BCUT2D eigenvalue weighted by atomic mass is 19.1. The van der Waals surface area contributed by atoms with E-state index in [-0.39, 0.29) is 24.0 Å². The van der Waals surface area contributed by atoms with E-state index in [0.717, 1.165) is 22.5 Å². The van der Waals surface area contributed by atoms with Crippen molar-refractivity contribution >= 4 is 23.2 Å². The Labute approximate surface area is 213 Å². The summed E-state index contributed by atoms with van der Waals surface area (Å²) in [4.78, 5) is 33.5. The molecule has 0 spiro atoms. The molecular formula is C30H21FN4O2. The summed E-state index contributed by atoms with van der Waals surface area (Å²) in [7, 11) is 0.